The van der Waals surface area contributed by atoms with Crippen LogP contribution < -0.4 is 5.32 Å². The number of aromatic hydroxyl groups is 1. The van der Waals surface area contributed by atoms with Crippen LogP contribution >= 0.6 is 38.6 Å². The molecule has 3 heterocycles. The normalized spacial score (nSPS) is 15.3. The van der Waals surface area contributed by atoms with Crippen LogP contribution in [0.4, 0.5) is 0 Å². The minimum absolute atomic E-state index is 0.0583. The second-order valence-corrected chi connectivity index (χ2v) is 11.4. The van der Waals surface area contributed by atoms with Gasteiger partial charge >= 0.3 is 0 Å². The Hall–Kier alpha value is -1.88. The molecule has 2 aromatic heterocycles. The predicted molar refractivity (Wildman–Crippen MR) is 145 cm³/mol. The number of hydrogen-bond donors (Lipinski definition) is 2. The molecule has 35 heavy (non-hydrogen) atoms. The van der Waals surface area contributed by atoms with E-state index in [1.165, 1.54) is 22.7 Å². The molecule has 1 saturated heterocycles. The van der Waals surface area contributed by atoms with Gasteiger partial charge in [-0.2, -0.15) is 0 Å². The fourth-order valence-electron chi connectivity index (χ4n) is 3.97. The van der Waals surface area contributed by atoms with Crippen molar-refractivity contribution in [1.82, 2.24) is 10.2 Å². The summed E-state index contributed by atoms with van der Waals surface area (Å²) in [7, 11) is 0. The van der Waals surface area contributed by atoms with Gasteiger partial charge in [0.05, 0.1) is 34.4 Å². The monoisotopic (exact) mass is 576 g/mol. The molecule has 6 nitrogen and oxygen atoms in total. The van der Waals surface area contributed by atoms with Gasteiger partial charge in [-0.05, 0) is 55.1 Å². The number of benzene rings is 1. The smallest absolute Gasteiger partial charge is 0.186 e. The van der Waals surface area contributed by atoms with Gasteiger partial charge in [-0.15, -0.1) is 22.7 Å². The van der Waals surface area contributed by atoms with Crippen LogP contribution in [0, 0.1) is 0 Å². The maximum absolute atomic E-state index is 12.7. The fourth-order valence-corrected chi connectivity index (χ4v) is 6.21. The number of carbonyl (C=O) groups excluding carboxylic acids is 2. The number of nitrogens with zero attached hydrogens (tertiary/aromatic N) is 1. The molecule has 3 aromatic rings. The molecule has 0 aliphatic carbocycles. The summed E-state index contributed by atoms with van der Waals surface area (Å²) in [5.41, 5.74) is 1.72. The maximum Gasteiger partial charge on any atom is 0.186 e. The highest BCUT2D eigenvalue weighted by molar-refractivity contribution is 9.10. The summed E-state index contributed by atoms with van der Waals surface area (Å²) < 4.78 is 6.34. The number of morpholine rings is 1. The van der Waals surface area contributed by atoms with Crippen molar-refractivity contribution in [3.8, 4) is 16.2 Å². The van der Waals surface area contributed by atoms with Crippen LogP contribution in [0.5, 0.6) is 5.75 Å². The SMILES string of the molecule is CC(NCC(=O)c1ccc(C(=O)CCCN2CCOCC2)s1)c1csc(-c2ccc(Br)cc2)c1O. The van der Waals surface area contributed by atoms with E-state index in [0.29, 0.717) is 16.2 Å². The fraction of sp³-hybridized carbons (Fsp3) is 0.385. The highest BCUT2D eigenvalue weighted by Crippen LogP contribution is 2.41. The van der Waals surface area contributed by atoms with Gasteiger partial charge in [-0.25, -0.2) is 0 Å². The quantitative estimate of drug-likeness (QED) is 0.282. The minimum atomic E-state index is -0.194. The van der Waals surface area contributed by atoms with Gasteiger partial charge < -0.3 is 15.2 Å². The molecule has 1 aliphatic heterocycles. The van der Waals surface area contributed by atoms with Crippen LogP contribution in [0.3, 0.4) is 0 Å². The van der Waals surface area contributed by atoms with Crippen molar-refractivity contribution in [2.24, 2.45) is 0 Å². The molecular weight excluding hydrogens is 548 g/mol. The summed E-state index contributed by atoms with van der Waals surface area (Å²) in [5, 5.41) is 15.9. The van der Waals surface area contributed by atoms with Gasteiger partial charge in [0, 0.05) is 35.6 Å². The zero-order valence-corrected chi connectivity index (χ0v) is 22.8. The Morgan fingerprint density at radius 3 is 2.51 bits per heavy atom. The molecule has 0 amide bonds. The van der Waals surface area contributed by atoms with Gasteiger partial charge in [0.25, 0.3) is 0 Å². The van der Waals surface area contributed by atoms with E-state index in [0.717, 1.165) is 59.7 Å². The van der Waals surface area contributed by atoms with Crippen LogP contribution in [0.15, 0.2) is 46.3 Å². The van der Waals surface area contributed by atoms with Gasteiger partial charge in [-0.1, -0.05) is 28.1 Å². The number of ketones is 2. The van der Waals surface area contributed by atoms with Gasteiger partial charge in [0.1, 0.15) is 5.75 Å². The van der Waals surface area contributed by atoms with Crippen molar-refractivity contribution in [3.63, 3.8) is 0 Å². The van der Waals surface area contributed by atoms with Crippen LogP contribution in [0.25, 0.3) is 10.4 Å². The van der Waals surface area contributed by atoms with E-state index in [9.17, 15) is 14.7 Å². The average molecular weight is 578 g/mol. The van der Waals surface area contributed by atoms with E-state index in [4.69, 9.17) is 4.74 Å². The lowest BCUT2D eigenvalue weighted by Crippen LogP contribution is -2.36. The first-order valence-corrected chi connectivity index (χ1v) is 14.2. The molecule has 0 radical (unpaired) electrons. The first-order chi connectivity index (χ1) is 16.9. The summed E-state index contributed by atoms with van der Waals surface area (Å²) >= 11 is 6.17. The third kappa shape index (κ3) is 6.87. The predicted octanol–water partition coefficient (Wildman–Crippen LogP) is 5.77. The Balaban J connectivity index is 1.27. The van der Waals surface area contributed by atoms with Crippen molar-refractivity contribution in [2.45, 2.75) is 25.8 Å². The van der Waals surface area contributed by atoms with Gasteiger partial charge in [0.15, 0.2) is 11.6 Å². The summed E-state index contributed by atoms with van der Waals surface area (Å²) in [4.78, 5) is 29.6. The van der Waals surface area contributed by atoms with E-state index in [-0.39, 0.29) is 29.9 Å². The van der Waals surface area contributed by atoms with Crippen molar-refractivity contribution < 1.29 is 19.4 Å². The molecule has 0 bridgehead atoms. The third-order valence-corrected chi connectivity index (χ3v) is 8.80. The molecule has 1 unspecified atom stereocenters. The summed E-state index contributed by atoms with van der Waals surface area (Å²) in [6.07, 6.45) is 1.30. The summed E-state index contributed by atoms with van der Waals surface area (Å²) in [6.45, 7) is 6.32. The van der Waals surface area contributed by atoms with Crippen LogP contribution in [0.2, 0.25) is 0 Å². The molecule has 9 heteroatoms. The lowest BCUT2D eigenvalue weighted by Gasteiger charge is -2.26. The number of ether oxygens (including phenoxy) is 1. The number of carbonyl (C=O) groups is 2. The van der Waals surface area contributed by atoms with E-state index < -0.39 is 0 Å². The zero-order chi connectivity index (χ0) is 24.8. The molecule has 0 saturated carbocycles. The van der Waals surface area contributed by atoms with Crippen molar-refractivity contribution in [1.29, 1.82) is 0 Å². The van der Waals surface area contributed by atoms with E-state index in [1.54, 1.807) is 12.1 Å². The topological polar surface area (TPSA) is 78.9 Å². The largest absolute Gasteiger partial charge is 0.506 e. The van der Waals surface area contributed by atoms with E-state index in [2.05, 4.69) is 26.1 Å². The second-order valence-electron chi connectivity index (χ2n) is 8.55. The molecule has 4 rings (SSSR count). The lowest BCUT2D eigenvalue weighted by molar-refractivity contribution is 0.0371. The van der Waals surface area contributed by atoms with Crippen LogP contribution in [0.1, 0.15) is 50.7 Å². The number of thiophene rings is 2. The Bertz CT molecular complexity index is 1150. The minimum Gasteiger partial charge on any atom is -0.506 e. The van der Waals surface area contributed by atoms with Crippen molar-refractivity contribution in [2.75, 3.05) is 39.4 Å². The molecule has 1 atom stereocenters. The molecular formula is C26H29BrN2O4S2. The second kappa shape index (κ2) is 12.4. The Morgan fingerprint density at radius 1 is 1.11 bits per heavy atom. The number of rotatable bonds is 11. The maximum atomic E-state index is 12.7. The molecule has 1 fully saturated rings. The summed E-state index contributed by atoms with van der Waals surface area (Å²) in [6, 6.07) is 11.1. The first kappa shape index (κ1) is 26.2. The standard InChI is InChI=1S/C26H29BrN2O4S2/c1-17(20-16-34-26(25(20)32)18-4-6-19(27)7-5-18)28-15-22(31)24-9-8-23(35-24)21(30)3-2-10-29-11-13-33-14-12-29/h4-9,16-17,28,32H,2-3,10-15H2,1H3. The van der Waals surface area contributed by atoms with Gasteiger partial charge in [0.2, 0.25) is 0 Å². The van der Waals surface area contributed by atoms with Crippen molar-refractivity contribution >= 4 is 50.2 Å². The van der Waals surface area contributed by atoms with Crippen LogP contribution in [-0.2, 0) is 4.74 Å². The first-order valence-electron chi connectivity index (χ1n) is 11.7. The zero-order valence-electron chi connectivity index (χ0n) is 19.6. The van der Waals surface area contributed by atoms with Crippen LogP contribution in [-0.4, -0.2) is 61.0 Å². The lowest BCUT2D eigenvalue weighted by atomic mass is 10.1. The molecule has 2 N–H and O–H groups in total. The molecule has 1 aliphatic rings. The number of halogens is 1. The number of nitrogens with one attached hydrogen (secondary N) is 1. The molecule has 1 aromatic carbocycles. The molecule has 186 valence electrons. The highest BCUT2D eigenvalue weighted by atomic mass is 79.9. The Morgan fingerprint density at radius 2 is 1.80 bits per heavy atom. The molecule has 0 spiro atoms. The Labute approximate surface area is 222 Å². The Kier molecular flexibility index (Phi) is 9.27. The summed E-state index contributed by atoms with van der Waals surface area (Å²) in [5.74, 6) is 0.273. The highest BCUT2D eigenvalue weighted by Gasteiger charge is 2.20. The number of Topliss-reactive ketones (excluding diaryl/α,β-unsaturated/α-hetero) is 2. The van der Waals surface area contributed by atoms with E-state index in [1.807, 2.05) is 36.6 Å². The van der Waals surface area contributed by atoms with E-state index >= 15 is 0 Å². The van der Waals surface area contributed by atoms with Crippen molar-refractivity contribution in [3.05, 3.63) is 61.6 Å². The third-order valence-electron chi connectivity index (χ3n) is 6.07. The number of hydrogen-bond acceptors (Lipinski definition) is 8. The average Bonchev–Trinajstić information content (AvgIpc) is 3.51. The van der Waals surface area contributed by atoms with Gasteiger partial charge in [-0.3, -0.25) is 14.5 Å².